The Labute approximate surface area is 252 Å². The Bertz CT molecular complexity index is 1150. The lowest BCUT2D eigenvalue weighted by atomic mass is 9.67. The SMILES string of the molecule is C.CSCC[C@H](NC(=O)c1ccc(CN(C(C)C)C2(CC3CCCCC3)CCC2)cc1-c1ccccc1C)C(=O)O. The van der Waals surface area contributed by atoms with E-state index in [0.717, 1.165) is 29.2 Å². The summed E-state index contributed by atoms with van der Waals surface area (Å²) in [6, 6.07) is 13.8. The minimum atomic E-state index is -0.993. The van der Waals surface area contributed by atoms with Crippen LogP contribution in [-0.2, 0) is 11.3 Å². The molecule has 2 aliphatic rings. The van der Waals surface area contributed by atoms with Crippen LogP contribution >= 0.6 is 11.8 Å². The number of carbonyl (C=O) groups excluding carboxylic acids is 1. The number of hydrogen-bond donors (Lipinski definition) is 2. The Balaban J connectivity index is 0.00000462. The van der Waals surface area contributed by atoms with Crippen molar-refractivity contribution in [3.8, 4) is 11.1 Å². The van der Waals surface area contributed by atoms with Crippen LogP contribution in [-0.4, -0.2) is 51.5 Å². The van der Waals surface area contributed by atoms with Gasteiger partial charge in [0.25, 0.3) is 5.91 Å². The highest BCUT2D eigenvalue weighted by molar-refractivity contribution is 7.98. The molecule has 0 bridgehead atoms. The minimum Gasteiger partial charge on any atom is -0.480 e. The molecule has 226 valence electrons. The van der Waals surface area contributed by atoms with Gasteiger partial charge in [-0.2, -0.15) is 11.8 Å². The van der Waals surface area contributed by atoms with Crippen molar-refractivity contribution in [2.45, 2.75) is 117 Å². The highest BCUT2D eigenvalue weighted by atomic mass is 32.2. The van der Waals surface area contributed by atoms with Crippen LogP contribution < -0.4 is 5.32 Å². The first-order valence-corrected chi connectivity index (χ1v) is 16.6. The number of benzene rings is 2. The summed E-state index contributed by atoms with van der Waals surface area (Å²) in [5.41, 5.74) is 5.00. The van der Waals surface area contributed by atoms with Crippen LogP contribution in [0.5, 0.6) is 0 Å². The molecule has 6 heteroatoms. The molecule has 4 rings (SSSR count). The smallest absolute Gasteiger partial charge is 0.326 e. The van der Waals surface area contributed by atoms with E-state index in [1.165, 1.54) is 63.4 Å². The van der Waals surface area contributed by atoms with E-state index in [0.29, 0.717) is 23.8 Å². The molecule has 2 aliphatic carbocycles. The molecule has 2 fully saturated rings. The first kappa shape index (κ1) is 33.2. The van der Waals surface area contributed by atoms with E-state index in [1.807, 2.05) is 24.5 Å². The van der Waals surface area contributed by atoms with Crippen molar-refractivity contribution in [1.82, 2.24) is 10.2 Å². The molecule has 2 aromatic carbocycles. The van der Waals surface area contributed by atoms with Crippen molar-refractivity contribution < 1.29 is 14.7 Å². The number of carboxylic acids is 1. The summed E-state index contributed by atoms with van der Waals surface area (Å²) in [6.45, 7) is 7.57. The zero-order valence-electron chi connectivity index (χ0n) is 24.9. The first-order chi connectivity index (χ1) is 19.2. The number of hydrogen-bond acceptors (Lipinski definition) is 4. The number of carbonyl (C=O) groups is 2. The average molecular weight is 581 g/mol. The summed E-state index contributed by atoms with van der Waals surface area (Å²) in [4.78, 5) is 28.1. The number of amides is 1. The fraction of sp³-hybridized carbons (Fsp3) is 0.600. The molecule has 1 atom stereocenters. The first-order valence-electron chi connectivity index (χ1n) is 15.2. The van der Waals surface area contributed by atoms with Gasteiger partial charge in [0.1, 0.15) is 6.04 Å². The molecule has 0 aromatic heterocycles. The fourth-order valence-electron chi connectivity index (χ4n) is 6.93. The molecule has 0 radical (unpaired) electrons. The second-order valence-electron chi connectivity index (χ2n) is 12.3. The molecule has 2 saturated carbocycles. The topological polar surface area (TPSA) is 69.6 Å². The predicted molar refractivity (Wildman–Crippen MR) is 174 cm³/mol. The summed E-state index contributed by atoms with van der Waals surface area (Å²) < 4.78 is 0. The molecule has 0 aliphatic heterocycles. The third-order valence-electron chi connectivity index (χ3n) is 9.24. The van der Waals surface area contributed by atoms with Gasteiger partial charge in [-0.3, -0.25) is 9.69 Å². The normalized spacial score (nSPS) is 17.5. The van der Waals surface area contributed by atoms with E-state index < -0.39 is 12.0 Å². The van der Waals surface area contributed by atoms with Crippen molar-refractivity contribution in [3.63, 3.8) is 0 Å². The number of aryl methyl sites for hydroxylation is 1. The van der Waals surface area contributed by atoms with Crippen molar-refractivity contribution in [3.05, 3.63) is 59.2 Å². The van der Waals surface area contributed by atoms with Gasteiger partial charge < -0.3 is 10.4 Å². The van der Waals surface area contributed by atoms with E-state index in [1.54, 1.807) is 11.8 Å². The molecule has 1 amide bonds. The maximum atomic E-state index is 13.5. The summed E-state index contributed by atoms with van der Waals surface area (Å²) in [6.07, 6.45) is 14.4. The molecular formula is C35H52N2O3S. The molecule has 0 heterocycles. The lowest BCUT2D eigenvalue weighted by Crippen LogP contribution is -2.57. The van der Waals surface area contributed by atoms with Gasteiger partial charge in [0, 0.05) is 23.7 Å². The second kappa shape index (κ2) is 15.2. The van der Waals surface area contributed by atoms with Gasteiger partial charge in [0.15, 0.2) is 0 Å². The molecule has 2 N–H and O–H groups in total. The zero-order valence-corrected chi connectivity index (χ0v) is 25.7. The molecule has 2 aromatic rings. The number of carboxylic acid groups (broad SMARTS) is 1. The summed E-state index contributed by atoms with van der Waals surface area (Å²) in [7, 11) is 0. The summed E-state index contributed by atoms with van der Waals surface area (Å²) in [5.74, 6) is 0.200. The molecule has 41 heavy (non-hydrogen) atoms. The van der Waals surface area contributed by atoms with Gasteiger partial charge in [-0.15, -0.1) is 0 Å². The van der Waals surface area contributed by atoms with Gasteiger partial charge in [-0.05, 0) is 105 Å². The molecule has 0 spiro atoms. The molecule has 5 nitrogen and oxygen atoms in total. The van der Waals surface area contributed by atoms with Crippen LogP contribution in [0.3, 0.4) is 0 Å². The van der Waals surface area contributed by atoms with Crippen LogP contribution in [0.1, 0.15) is 107 Å². The maximum absolute atomic E-state index is 13.5. The molecule has 0 unspecified atom stereocenters. The van der Waals surface area contributed by atoms with Gasteiger partial charge >= 0.3 is 5.97 Å². The van der Waals surface area contributed by atoms with E-state index >= 15 is 0 Å². The van der Waals surface area contributed by atoms with Crippen LogP contribution in [0, 0.1) is 12.8 Å². The Morgan fingerprint density at radius 2 is 1.76 bits per heavy atom. The number of nitrogens with zero attached hydrogens (tertiary/aromatic N) is 1. The lowest BCUT2D eigenvalue weighted by Gasteiger charge is -2.54. The number of rotatable bonds is 13. The van der Waals surface area contributed by atoms with E-state index in [4.69, 9.17) is 0 Å². The van der Waals surface area contributed by atoms with Crippen molar-refractivity contribution in [1.29, 1.82) is 0 Å². The Morgan fingerprint density at radius 3 is 2.34 bits per heavy atom. The maximum Gasteiger partial charge on any atom is 0.326 e. The van der Waals surface area contributed by atoms with Gasteiger partial charge in [-0.25, -0.2) is 4.79 Å². The Kier molecular flexibility index (Phi) is 12.3. The van der Waals surface area contributed by atoms with Crippen LogP contribution in [0.2, 0.25) is 0 Å². The van der Waals surface area contributed by atoms with E-state index in [2.05, 4.69) is 55.3 Å². The van der Waals surface area contributed by atoms with Gasteiger partial charge in [-0.1, -0.05) is 69.9 Å². The van der Waals surface area contributed by atoms with Crippen molar-refractivity contribution in [2.24, 2.45) is 5.92 Å². The third-order valence-corrected chi connectivity index (χ3v) is 9.89. The van der Waals surface area contributed by atoms with Gasteiger partial charge in [0.05, 0.1) is 0 Å². The fourth-order valence-corrected chi connectivity index (χ4v) is 7.40. The number of aliphatic carboxylic acids is 1. The Morgan fingerprint density at radius 1 is 1.05 bits per heavy atom. The quantitative estimate of drug-likeness (QED) is 0.249. The van der Waals surface area contributed by atoms with E-state index in [9.17, 15) is 14.7 Å². The molecular weight excluding hydrogens is 528 g/mol. The lowest BCUT2D eigenvalue weighted by molar-refractivity contribution is -0.139. The van der Waals surface area contributed by atoms with Crippen molar-refractivity contribution >= 4 is 23.6 Å². The minimum absolute atomic E-state index is 0. The highest BCUT2D eigenvalue weighted by Gasteiger charge is 2.44. The number of nitrogens with one attached hydrogen (secondary N) is 1. The predicted octanol–water partition coefficient (Wildman–Crippen LogP) is 8.34. The standard InChI is InChI=1S/C34H48N2O3S.CH4/c1-24(2)36(34(18-10-19-34)22-26-12-6-5-7-13-26)23-27-15-16-29(30(21-27)28-14-9-8-11-25(28)3)32(37)35-31(33(38)39)17-20-40-4;/h8-9,11,14-16,21,24,26,31H,5-7,10,12-13,17-20,22-23H2,1-4H3,(H,35,37)(H,38,39);1H4/t31-;/m0./s1. The van der Waals surface area contributed by atoms with Crippen LogP contribution in [0.15, 0.2) is 42.5 Å². The third kappa shape index (κ3) is 8.16. The summed E-state index contributed by atoms with van der Waals surface area (Å²) in [5, 5.41) is 12.5. The number of thioether (sulfide) groups is 1. The van der Waals surface area contributed by atoms with E-state index in [-0.39, 0.29) is 18.9 Å². The monoisotopic (exact) mass is 580 g/mol. The second-order valence-corrected chi connectivity index (χ2v) is 13.3. The van der Waals surface area contributed by atoms with Crippen molar-refractivity contribution in [2.75, 3.05) is 12.0 Å². The molecule has 0 saturated heterocycles. The Hall–Kier alpha value is -2.31. The van der Waals surface area contributed by atoms with Crippen LogP contribution in [0.4, 0.5) is 0 Å². The van der Waals surface area contributed by atoms with Crippen LogP contribution in [0.25, 0.3) is 11.1 Å². The highest BCUT2D eigenvalue weighted by Crippen LogP contribution is 2.47. The zero-order chi connectivity index (χ0) is 28.7. The average Bonchev–Trinajstić information content (AvgIpc) is 2.92. The summed E-state index contributed by atoms with van der Waals surface area (Å²) >= 11 is 1.58. The largest absolute Gasteiger partial charge is 0.480 e. The van der Waals surface area contributed by atoms with Gasteiger partial charge in [0.2, 0.25) is 0 Å².